The van der Waals surface area contributed by atoms with Crippen molar-refractivity contribution in [2.75, 3.05) is 25.0 Å². The molecular formula is C19H23ClN2. The van der Waals surface area contributed by atoms with Crippen molar-refractivity contribution in [1.82, 2.24) is 4.90 Å². The van der Waals surface area contributed by atoms with Crippen molar-refractivity contribution in [1.29, 1.82) is 0 Å². The Morgan fingerprint density at radius 3 is 2.36 bits per heavy atom. The zero-order chi connectivity index (χ0) is 15.2. The predicted octanol–water partition coefficient (Wildman–Crippen LogP) is 4.46. The number of nitrogens with one attached hydrogen (secondary N) is 1. The molecule has 0 bridgehead atoms. The van der Waals surface area contributed by atoms with E-state index in [-0.39, 0.29) is 0 Å². The van der Waals surface area contributed by atoms with Crippen LogP contribution >= 0.6 is 11.6 Å². The van der Waals surface area contributed by atoms with E-state index < -0.39 is 0 Å². The standard InChI is InChI=1S/C19H23ClN2/c20-18-8-4-5-9-19(18)21-17-11-14-22(15-12-17)13-10-16-6-2-1-3-7-16/h1-9,17,21H,10-15H2. The van der Waals surface area contributed by atoms with Gasteiger partial charge in [0, 0.05) is 25.7 Å². The minimum absolute atomic E-state index is 0.535. The third-order valence-corrected chi connectivity index (χ3v) is 4.71. The van der Waals surface area contributed by atoms with Gasteiger partial charge >= 0.3 is 0 Å². The van der Waals surface area contributed by atoms with Gasteiger partial charge in [-0.1, -0.05) is 54.1 Å². The van der Waals surface area contributed by atoms with Crippen LogP contribution in [0.3, 0.4) is 0 Å². The van der Waals surface area contributed by atoms with Gasteiger partial charge in [0.25, 0.3) is 0 Å². The third kappa shape index (κ3) is 4.25. The molecule has 0 atom stereocenters. The van der Waals surface area contributed by atoms with Crippen molar-refractivity contribution >= 4 is 17.3 Å². The van der Waals surface area contributed by atoms with E-state index in [1.165, 1.54) is 18.4 Å². The molecule has 0 spiro atoms. The van der Waals surface area contributed by atoms with Crippen molar-refractivity contribution < 1.29 is 0 Å². The monoisotopic (exact) mass is 314 g/mol. The van der Waals surface area contributed by atoms with Crippen molar-refractivity contribution in [3.05, 3.63) is 65.2 Å². The topological polar surface area (TPSA) is 15.3 Å². The maximum Gasteiger partial charge on any atom is 0.0637 e. The van der Waals surface area contributed by atoms with Crippen molar-refractivity contribution in [3.63, 3.8) is 0 Å². The minimum Gasteiger partial charge on any atom is -0.381 e. The summed E-state index contributed by atoms with van der Waals surface area (Å²) in [6, 6.07) is 19.3. The van der Waals surface area contributed by atoms with Gasteiger partial charge in [-0.2, -0.15) is 0 Å². The van der Waals surface area contributed by atoms with E-state index in [2.05, 4.69) is 46.6 Å². The van der Waals surface area contributed by atoms with Crippen LogP contribution in [0.15, 0.2) is 54.6 Å². The molecule has 2 aromatic carbocycles. The number of rotatable bonds is 5. The number of piperidine rings is 1. The van der Waals surface area contributed by atoms with Crippen LogP contribution in [0.1, 0.15) is 18.4 Å². The Morgan fingerprint density at radius 2 is 1.64 bits per heavy atom. The summed E-state index contributed by atoms with van der Waals surface area (Å²) < 4.78 is 0. The molecule has 0 unspecified atom stereocenters. The molecule has 0 aliphatic carbocycles. The fourth-order valence-electron chi connectivity index (χ4n) is 3.03. The Balaban J connectivity index is 1.44. The summed E-state index contributed by atoms with van der Waals surface area (Å²) in [5, 5.41) is 4.40. The number of benzene rings is 2. The van der Waals surface area contributed by atoms with E-state index in [0.717, 1.165) is 36.8 Å². The first-order chi connectivity index (χ1) is 10.8. The van der Waals surface area contributed by atoms with Crippen LogP contribution in [-0.2, 0) is 6.42 Å². The molecule has 0 amide bonds. The highest BCUT2D eigenvalue weighted by Crippen LogP contribution is 2.24. The van der Waals surface area contributed by atoms with Gasteiger partial charge in [-0.05, 0) is 37.0 Å². The summed E-state index contributed by atoms with van der Waals surface area (Å²) in [4.78, 5) is 2.57. The second-order valence-corrected chi connectivity index (χ2v) is 6.38. The molecule has 1 aliphatic heterocycles. The first-order valence-corrected chi connectivity index (χ1v) is 8.46. The SMILES string of the molecule is Clc1ccccc1NC1CCN(CCc2ccccc2)CC1. The molecular weight excluding hydrogens is 292 g/mol. The summed E-state index contributed by atoms with van der Waals surface area (Å²) in [6.45, 7) is 3.48. The first kappa shape index (κ1) is 15.4. The van der Waals surface area contributed by atoms with Crippen molar-refractivity contribution in [3.8, 4) is 0 Å². The fraction of sp³-hybridized carbons (Fsp3) is 0.368. The van der Waals surface area contributed by atoms with Crippen LogP contribution in [0.2, 0.25) is 5.02 Å². The van der Waals surface area contributed by atoms with Gasteiger partial charge in [0.2, 0.25) is 0 Å². The summed E-state index contributed by atoms with van der Waals surface area (Å²) in [6.07, 6.45) is 3.50. The Hall–Kier alpha value is -1.51. The number of hydrogen-bond acceptors (Lipinski definition) is 2. The van der Waals surface area contributed by atoms with Gasteiger partial charge in [-0.15, -0.1) is 0 Å². The van der Waals surface area contributed by atoms with Crippen LogP contribution in [0.4, 0.5) is 5.69 Å². The molecule has 2 nitrogen and oxygen atoms in total. The third-order valence-electron chi connectivity index (χ3n) is 4.38. The number of likely N-dealkylation sites (tertiary alicyclic amines) is 1. The van der Waals surface area contributed by atoms with Crippen LogP contribution in [-0.4, -0.2) is 30.6 Å². The minimum atomic E-state index is 0.535. The Kier molecular flexibility index (Phi) is 5.36. The summed E-state index contributed by atoms with van der Waals surface area (Å²) in [5.74, 6) is 0. The lowest BCUT2D eigenvalue weighted by Crippen LogP contribution is -2.40. The van der Waals surface area contributed by atoms with Gasteiger partial charge in [0.05, 0.1) is 10.7 Å². The molecule has 0 radical (unpaired) electrons. The zero-order valence-corrected chi connectivity index (χ0v) is 13.6. The Bertz CT molecular complexity index is 577. The van der Waals surface area contributed by atoms with Crippen LogP contribution in [0.25, 0.3) is 0 Å². The van der Waals surface area contributed by atoms with E-state index in [1.807, 2.05) is 18.2 Å². The largest absolute Gasteiger partial charge is 0.381 e. The zero-order valence-electron chi connectivity index (χ0n) is 12.8. The van der Waals surface area contributed by atoms with E-state index in [4.69, 9.17) is 11.6 Å². The molecule has 3 heteroatoms. The predicted molar refractivity (Wildman–Crippen MR) is 94.7 cm³/mol. The number of nitrogens with zero attached hydrogens (tertiary/aromatic N) is 1. The van der Waals surface area contributed by atoms with E-state index in [9.17, 15) is 0 Å². The highest BCUT2D eigenvalue weighted by atomic mass is 35.5. The first-order valence-electron chi connectivity index (χ1n) is 8.08. The number of para-hydroxylation sites is 1. The van der Waals surface area contributed by atoms with E-state index >= 15 is 0 Å². The number of anilines is 1. The van der Waals surface area contributed by atoms with Gasteiger partial charge < -0.3 is 10.2 Å². The molecule has 1 aliphatic rings. The Morgan fingerprint density at radius 1 is 0.955 bits per heavy atom. The second-order valence-electron chi connectivity index (χ2n) is 5.98. The molecule has 1 N–H and O–H groups in total. The molecule has 2 aromatic rings. The number of halogens is 1. The molecule has 22 heavy (non-hydrogen) atoms. The molecule has 0 saturated carbocycles. The summed E-state index contributed by atoms with van der Waals surface area (Å²) in [7, 11) is 0. The molecule has 3 rings (SSSR count). The molecule has 0 aromatic heterocycles. The second kappa shape index (κ2) is 7.66. The average Bonchev–Trinajstić information content (AvgIpc) is 2.57. The lowest BCUT2D eigenvalue weighted by molar-refractivity contribution is 0.221. The lowest BCUT2D eigenvalue weighted by Gasteiger charge is -2.33. The molecule has 1 saturated heterocycles. The summed E-state index contributed by atoms with van der Waals surface area (Å²) >= 11 is 6.22. The maximum atomic E-state index is 6.22. The molecule has 1 fully saturated rings. The fourth-order valence-corrected chi connectivity index (χ4v) is 3.22. The lowest BCUT2D eigenvalue weighted by atomic mass is 10.0. The van der Waals surface area contributed by atoms with Crippen LogP contribution < -0.4 is 5.32 Å². The van der Waals surface area contributed by atoms with Gasteiger partial charge in [-0.25, -0.2) is 0 Å². The molecule has 116 valence electrons. The van der Waals surface area contributed by atoms with Crippen LogP contribution in [0.5, 0.6) is 0 Å². The quantitative estimate of drug-likeness (QED) is 0.876. The van der Waals surface area contributed by atoms with Crippen molar-refractivity contribution in [2.45, 2.75) is 25.3 Å². The normalized spacial score (nSPS) is 16.6. The smallest absolute Gasteiger partial charge is 0.0637 e. The van der Waals surface area contributed by atoms with E-state index in [1.54, 1.807) is 0 Å². The molecule has 1 heterocycles. The average molecular weight is 315 g/mol. The summed E-state index contributed by atoms with van der Waals surface area (Å²) in [5.41, 5.74) is 2.49. The Labute approximate surface area is 138 Å². The van der Waals surface area contributed by atoms with Crippen molar-refractivity contribution in [2.24, 2.45) is 0 Å². The van der Waals surface area contributed by atoms with Gasteiger partial charge in [-0.3, -0.25) is 0 Å². The number of hydrogen-bond donors (Lipinski definition) is 1. The van der Waals surface area contributed by atoms with Gasteiger partial charge in [0.15, 0.2) is 0 Å². The van der Waals surface area contributed by atoms with Gasteiger partial charge in [0.1, 0.15) is 0 Å². The highest BCUT2D eigenvalue weighted by molar-refractivity contribution is 6.33. The van der Waals surface area contributed by atoms with Crippen LogP contribution in [0, 0.1) is 0 Å². The maximum absolute atomic E-state index is 6.22. The van der Waals surface area contributed by atoms with E-state index in [0.29, 0.717) is 6.04 Å². The highest BCUT2D eigenvalue weighted by Gasteiger charge is 2.19.